The zero-order chi connectivity index (χ0) is 21.8. The summed E-state index contributed by atoms with van der Waals surface area (Å²) in [7, 11) is 1.54. The van der Waals surface area contributed by atoms with Gasteiger partial charge in [-0.1, -0.05) is 30.3 Å². The van der Waals surface area contributed by atoms with E-state index < -0.39 is 5.97 Å². The number of halogens is 2. The van der Waals surface area contributed by atoms with Gasteiger partial charge in [0, 0.05) is 5.56 Å². The number of esters is 1. The Labute approximate surface area is 192 Å². The molecule has 0 N–H and O–H groups in total. The van der Waals surface area contributed by atoms with Crippen LogP contribution in [0, 0.1) is 9.39 Å². The largest absolute Gasteiger partial charge is 0.493 e. The zero-order valence-electron chi connectivity index (χ0n) is 16.5. The highest BCUT2D eigenvalue weighted by molar-refractivity contribution is 14.1. The van der Waals surface area contributed by atoms with Crippen LogP contribution in [0.25, 0.3) is 6.08 Å². The third kappa shape index (κ3) is 4.93. The van der Waals surface area contributed by atoms with Crippen LogP contribution in [0.15, 0.2) is 77.4 Å². The Bertz CT molecular complexity index is 1170. The Balaban J connectivity index is 1.58. The highest BCUT2D eigenvalue weighted by Gasteiger charge is 2.24. The molecule has 3 aromatic carbocycles. The second kappa shape index (κ2) is 9.30. The number of hydrogen-bond acceptors (Lipinski definition) is 5. The van der Waals surface area contributed by atoms with Gasteiger partial charge in [-0.3, -0.25) is 0 Å². The van der Waals surface area contributed by atoms with Gasteiger partial charge in [-0.05, 0) is 76.2 Å². The number of ether oxygens (including phenoxy) is 3. The fourth-order valence-corrected chi connectivity index (χ4v) is 3.75. The summed E-state index contributed by atoms with van der Waals surface area (Å²) >= 11 is 2.14. The first-order chi connectivity index (χ1) is 15.0. The standard InChI is InChI=1S/C24H17FINO4/c1-29-21-13-16(11-19(26)22(21)30-14-15-7-9-18(25)10-8-15)12-20-24(28)31-23(27-20)17-5-3-2-4-6-17/h2-13H,14H2,1H3/b20-12-. The average Bonchev–Trinajstić information content (AvgIpc) is 3.14. The van der Waals surface area contributed by atoms with Crippen molar-refractivity contribution in [3.05, 3.63) is 98.5 Å². The summed E-state index contributed by atoms with van der Waals surface area (Å²) in [5, 5.41) is 0. The van der Waals surface area contributed by atoms with Gasteiger partial charge in [-0.25, -0.2) is 14.2 Å². The van der Waals surface area contributed by atoms with Crippen molar-refractivity contribution in [1.82, 2.24) is 0 Å². The van der Waals surface area contributed by atoms with Crippen LogP contribution in [0.2, 0.25) is 0 Å². The van der Waals surface area contributed by atoms with E-state index in [-0.39, 0.29) is 24.0 Å². The minimum Gasteiger partial charge on any atom is -0.493 e. The molecule has 0 spiro atoms. The molecule has 156 valence electrons. The maximum atomic E-state index is 13.1. The molecule has 0 fully saturated rings. The molecule has 0 saturated heterocycles. The molecule has 0 aliphatic carbocycles. The van der Waals surface area contributed by atoms with Crippen molar-refractivity contribution in [2.75, 3.05) is 7.11 Å². The summed E-state index contributed by atoms with van der Waals surface area (Å²) in [5.41, 5.74) is 2.50. The lowest BCUT2D eigenvalue weighted by Crippen LogP contribution is -2.05. The predicted molar refractivity (Wildman–Crippen MR) is 123 cm³/mol. The lowest BCUT2D eigenvalue weighted by atomic mass is 10.1. The van der Waals surface area contributed by atoms with Crippen LogP contribution in [0.3, 0.4) is 0 Å². The summed E-state index contributed by atoms with van der Waals surface area (Å²) in [6.45, 7) is 0.268. The smallest absolute Gasteiger partial charge is 0.363 e. The lowest BCUT2D eigenvalue weighted by Gasteiger charge is -2.14. The first-order valence-corrected chi connectivity index (χ1v) is 10.4. The maximum Gasteiger partial charge on any atom is 0.363 e. The molecular formula is C24H17FINO4. The highest BCUT2D eigenvalue weighted by atomic mass is 127. The molecule has 1 aliphatic heterocycles. The molecule has 0 amide bonds. The molecule has 5 nitrogen and oxygen atoms in total. The SMILES string of the molecule is COc1cc(/C=C2\N=C(c3ccccc3)OC2=O)cc(I)c1OCc1ccc(F)cc1. The molecule has 0 aromatic heterocycles. The van der Waals surface area contributed by atoms with Crippen LogP contribution >= 0.6 is 22.6 Å². The predicted octanol–water partition coefficient (Wildman–Crippen LogP) is 5.36. The molecular weight excluding hydrogens is 512 g/mol. The van der Waals surface area contributed by atoms with E-state index in [9.17, 15) is 9.18 Å². The number of methoxy groups -OCH3 is 1. The number of aliphatic imine (C=N–C) groups is 1. The Morgan fingerprint density at radius 2 is 1.84 bits per heavy atom. The topological polar surface area (TPSA) is 57.1 Å². The summed E-state index contributed by atoms with van der Waals surface area (Å²) in [6, 6.07) is 19.0. The highest BCUT2D eigenvalue weighted by Crippen LogP contribution is 2.35. The number of carbonyl (C=O) groups excluding carboxylic acids is 1. The number of hydrogen-bond donors (Lipinski definition) is 0. The van der Waals surface area contributed by atoms with Crippen molar-refractivity contribution in [3.8, 4) is 11.5 Å². The van der Waals surface area contributed by atoms with Crippen molar-refractivity contribution in [2.24, 2.45) is 4.99 Å². The molecule has 7 heteroatoms. The molecule has 3 aromatic rings. The third-order valence-electron chi connectivity index (χ3n) is 4.49. The number of carbonyl (C=O) groups is 1. The van der Waals surface area contributed by atoms with Crippen LogP contribution in [0.1, 0.15) is 16.7 Å². The van der Waals surface area contributed by atoms with Gasteiger partial charge >= 0.3 is 5.97 Å². The second-order valence-electron chi connectivity index (χ2n) is 6.65. The molecule has 1 aliphatic rings. The monoisotopic (exact) mass is 529 g/mol. The van der Waals surface area contributed by atoms with E-state index in [1.54, 1.807) is 31.4 Å². The van der Waals surface area contributed by atoms with E-state index in [2.05, 4.69) is 27.6 Å². The fourth-order valence-electron chi connectivity index (χ4n) is 2.97. The molecule has 4 rings (SSSR count). The summed E-state index contributed by atoms with van der Waals surface area (Å²) < 4.78 is 30.6. The van der Waals surface area contributed by atoms with Gasteiger partial charge in [0.25, 0.3) is 0 Å². The van der Waals surface area contributed by atoms with Crippen molar-refractivity contribution in [2.45, 2.75) is 6.61 Å². The van der Waals surface area contributed by atoms with Crippen LogP contribution in [0.5, 0.6) is 11.5 Å². The Morgan fingerprint density at radius 3 is 2.55 bits per heavy atom. The number of rotatable bonds is 6. The van der Waals surface area contributed by atoms with Crippen LogP contribution in [-0.4, -0.2) is 19.0 Å². The average molecular weight is 529 g/mol. The maximum absolute atomic E-state index is 13.1. The Morgan fingerprint density at radius 1 is 1.10 bits per heavy atom. The van der Waals surface area contributed by atoms with Gasteiger partial charge in [-0.2, -0.15) is 0 Å². The number of cyclic esters (lactones) is 1. The van der Waals surface area contributed by atoms with E-state index in [1.165, 1.54) is 12.1 Å². The van der Waals surface area contributed by atoms with E-state index in [0.717, 1.165) is 20.3 Å². The van der Waals surface area contributed by atoms with Crippen molar-refractivity contribution in [3.63, 3.8) is 0 Å². The summed E-state index contributed by atoms with van der Waals surface area (Å²) in [4.78, 5) is 16.6. The minimum atomic E-state index is -0.510. The quantitative estimate of drug-likeness (QED) is 0.245. The summed E-state index contributed by atoms with van der Waals surface area (Å²) in [5.74, 6) is 0.551. The van der Waals surface area contributed by atoms with Gasteiger partial charge in [0.15, 0.2) is 17.2 Å². The Kier molecular flexibility index (Phi) is 6.31. The van der Waals surface area contributed by atoms with Gasteiger partial charge in [-0.15, -0.1) is 0 Å². The van der Waals surface area contributed by atoms with Crippen molar-refractivity contribution in [1.29, 1.82) is 0 Å². The first-order valence-electron chi connectivity index (χ1n) is 9.36. The van der Waals surface area contributed by atoms with E-state index in [0.29, 0.717) is 11.5 Å². The molecule has 0 radical (unpaired) electrons. The first kappa shape index (κ1) is 21.0. The van der Waals surface area contributed by atoms with E-state index in [1.807, 2.05) is 36.4 Å². The minimum absolute atomic E-state index is 0.205. The van der Waals surface area contributed by atoms with Crippen LogP contribution in [0.4, 0.5) is 4.39 Å². The molecule has 1 heterocycles. The molecule has 31 heavy (non-hydrogen) atoms. The fraction of sp³-hybridized carbons (Fsp3) is 0.0833. The van der Waals surface area contributed by atoms with Gasteiger partial charge in [0.1, 0.15) is 12.4 Å². The molecule has 0 atom stereocenters. The van der Waals surface area contributed by atoms with E-state index in [4.69, 9.17) is 14.2 Å². The number of nitrogens with zero attached hydrogens (tertiary/aromatic N) is 1. The van der Waals surface area contributed by atoms with Crippen molar-refractivity contribution < 1.29 is 23.4 Å². The van der Waals surface area contributed by atoms with Gasteiger partial charge < -0.3 is 14.2 Å². The zero-order valence-corrected chi connectivity index (χ0v) is 18.6. The molecule has 0 unspecified atom stereocenters. The van der Waals surface area contributed by atoms with Gasteiger partial charge in [0.2, 0.25) is 5.90 Å². The normalized spacial score (nSPS) is 14.4. The van der Waals surface area contributed by atoms with Crippen molar-refractivity contribution >= 4 is 40.5 Å². The third-order valence-corrected chi connectivity index (χ3v) is 5.29. The number of benzene rings is 3. The molecule has 0 saturated carbocycles. The molecule has 0 bridgehead atoms. The Hall–Kier alpha value is -3.20. The van der Waals surface area contributed by atoms with Gasteiger partial charge in [0.05, 0.1) is 10.7 Å². The van der Waals surface area contributed by atoms with E-state index >= 15 is 0 Å². The lowest BCUT2D eigenvalue weighted by molar-refractivity contribution is -0.129. The van der Waals surface area contributed by atoms with Crippen LogP contribution < -0.4 is 9.47 Å². The second-order valence-corrected chi connectivity index (χ2v) is 7.81. The van der Waals surface area contributed by atoms with Crippen LogP contribution in [-0.2, 0) is 16.1 Å². The summed E-state index contributed by atoms with van der Waals surface area (Å²) in [6.07, 6.45) is 1.65.